The van der Waals surface area contributed by atoms with Crippen LogP contribution in [-0.2, 0) is 0 Å². The van der Waals surface area contributed by atoms with Gasteiger partial charge in [-0.2, -0.15) is 8.78 Å². The van der Waals surface area contributed by atoms with Crippen LogP contribution in [0.4, 0.5) is 8.78 Å². The number of ether oxygens (including phenoxy) is 1. The molecule has 1 aromatic rings. The fourth-order valence-corrected chi connectivity index (χ4v) is 1.00. The third-order valence-corrected chi connectivity index (χ3v) is 1.55. The molecule has 0 amide bonds. The van der Waals surface area contributed by atoms with E-state index in [0.29, 0.717) is 6.42 Å². The fraction of sp³-hybridized carbons (Fsp3) is 0.400. The maximum Gasteiger partial charge on any atom is 0.397 e. The van der Waals surface area contributed by atoms with Crippen LogP contribution in [0.1, 0.15) is 19.8 Å². The van der Waals surface area contributed by atoms with E-state index in [0.717, 1.165) is 0 Å². The van der Waals surface area contributed by atoms with Crippen molar-refractivity contribution in [2.45, 2.75) is 25.9 Å². The predicted molar refractivity (Wildman–Crippen MR) is 46.9 cm³/mol. The van der Waals surface area contributed by atoms with Gasteiger partial charge in [-0.25, -0.2) is 0 Å². The Hall–Kier alpha value is -1.12. The summed E-state index contributed by atoms with van der Waals surface area (Å²) in [6.45, 7) is 1.70. The van der Waals surface area contributed by atoms with Crippen molar-refractivity contribution in [2.24, 2.45) is 0 Å². The first-order valence-corrected chi connectivity index (χ1v) is 4.26. The van der Waals surface area contributed by atoms with Crippen LogP contribution in [0.25, 0.3) is 0 Å². The molecule has 0 N–H and O–H groups in total. The molecule has 0 saturated heterocycles. The summed E-state index contributed by atoms with van der Waals surface area (Å²) in [5.74, 6) is 0.209. The van der Waals surface area contributed by atoms with Gasteiger partial charge in [-0.3, -0.25) is 0 Å². The number of alkyl halides is 2. The van der Waals surface area contributed by atoms with Gasteiger partial charge < -0.3 is 4.74 Å². The Morgan fingerprint density at radius 3 is 2.38 bits per heavy atom. The summed E-state index contributed by atoms with van der Waals surface area (Å²) >= 11 is 0. The zero-order valence-electron chi connectivity index (χ0n) is 7.47. The molecule has 13 heavy (non-hydrogen) atoms. The van der Waals surface area contributed by atoms with Crippen LogP contribution >= 0.6 is 0 Å². The standard InChI is InChI=1S/C10H12F2O/c1-2-8-10(11,12)13-9-6-4-3-5-7-9/h3-7H,2,8H2,1H3. The monoisotopic (exact) mass is 186 g/mol. The molecule has 0 saturated carbocycles. The average molecular weight is 186 g/mol. The van der Waals surface area contributed by atoms with E-state index < -0.39 is 6.11 Å². The molecule has 72 valence electrons. The summed E-state index contributed by atoms with van der Waals surface area (Å²) in [5, 5.41) is 0. The normalized spacial score (nSPS) is 11.3. The lowest BCUT2D eigenvalue weighted by molar-refractivity contribution is -0.180. The zero-order chi connectivity index (χ0) is 9.73. The maximum atomic E-state index is 12.9. The topological polar surface area (TPSA) is 9.23 Å². The highest BCUT2D eigenvalue weighted by Gasteiger charge is 2.29. The van der Waals surface area contributed by atoms with Crippen LogP contribution in [0, 0.1) is 0 Å². The van der Waals surface area contributed by atoms with Crippen LogP contribution in [-0.4, -0.2) is 6.11 Å². The van der Waals surface area contributed by atoms with Gasteiger partial charge in [0.1, 0.15) is 5.75 Å². The smallest absolute Gasteiger partial charge is 0.397 e. The Morgan fingerprint density at radius 1 is 1.23 bits per heavy atom. The highest BCUT2D eigenvalue weighted by Crippen LogP contribution is 2.24. The van der Waals surface area contributed by atoms with Gasteiger partial charge in [-0.05, 0) is 18.6 Å². The van der Waals surface area contributed by atoms with Gasteiger partial charge in [-0.15, -0.1) is 0 Å². The number of hydrogen-bond acceptors (Lipinski definition) is 1. The molecule has 0 fully saturated rings. The number of para-hydroxylation sites is 1. The van der Waals surface area contributed by atoms with E-state index in [4.69, 9.17) is 0 Å². The molecular formula is C10H12F2O. The van der Waals surface area contributed by atoms with Gasteiger partial charge in [0.15, 0.2) is 0 Å². The first-order chi connectivity index (χ1) is 6.14. The molecule has 0 aromatic heterocycles. The lowest BCUT2D eigenvalue weighted by Crippen LogP contribution is -2.23. The molecule has 0 atom stereocenters. The van der Waals surface area contributed by atoms with Crippen molar-refractivity contribution in [2.75, 3.05) is 0 Å². The van der Waals surface area contributed by atoms with E-state index in [1.54, 1.807) is 25.1 Å². The van der Waals surface area contributed by atoms with Crippen molar-refractivity contribution in [3.05, 3.63) is 30.3 Å². The molecule has 0 bridgehead atoms. The third kappa shape index (κ3) is 3.40. The van der Waals surface area contributed by atoms with Gasteiger partial charge in [0.2, 0.25) is 0 Å². The Labute approximate surface area is 76.3 Å². The van der Waals surface area contributed by atoms with Crippen LogP contribution in [0.2, 0.25) is 0 Å². The zero-order valence-corrected chi connectivity index (χ0v) is 7.47. The summed E-state index contributed by atoms with van der Waals surface area (Å²) in [6, 6.07) is 8.12. The number of halogens is 2. The van der Waals surface area contributed by atoms with Crippen LogP contribution < -0.4 is 4.74 Å². The minimum Gasteiger partial charge on any atom is -0.433 e. The summed E-state index contributed by atoms with van der Waals surface area (Å²) in [5.41, 5.74) is 0. The Morgan fingerprint density at radius 2 is 1.85 bits per heavy atom. The van der Waals surface area contributed by atoms with Crippen molar-refractivity contribution in [1.82, 2.24) is 0 Å². The highest BCUT2D eigenvalue weighted by atomic mass is 19.3. The second-order valence-corrected chi connectivity index (χ2v) is 2.80. The molecule has 0 aliphatic heterocycles. The van der Waals surface area contributed by atoms with E-state index in [-0.39, 0.29) is 12.2 Å². The van der Waals surface area contributed by atoms with Crippen molar-refractivity contribution >= 4 is 0 Å². The molecule has 0 spiro atoms. The first-order valence-electron chi connectivity index (χ1n) is 4.26. The largest absolute Gasteiger partial charge is 0.433 e. The van der Waals surface area contributed by atoms with Crippen LogP contribution in [0.15, 0.2) is 30.3 Å². The van der Waals surface area contributed by atoms with Gasteiger partial charge in [-0.1, -0.05) is 25.1 Å². The van der Waals surface area contributed by atoms with Crippen molar-refractivity contribution in [1.29, 1.82) is 0 Å². The molecule has 0 aliphatic rings. The molecule has 0 aliphatic carbocycles. The SMILES string of the molecule is CCCC(F)(F)Oc1ccccc1. The maximum absolute atomic E-state index is 12.9. The van der Waals surface area contributed by atoms with Crippen molar-refractivity contribution in [3.8, 4) is 5.75 Å². The van der Waals surface area contributed by atoms with E-state index in [9.17, 15) is 8.78 Å². The van der Waals surface area contributed by atoms with E-state index in [1.165, 1.54) is 12.1 Å². The van der Waals surface area contributed by atoms with Gasteiger partial charge in [0.05, 0.1) is 6.42 Å². The predicted octanol–water partition coefficient (Wildman–Crippen LogP) is 3.46. The van der Waals surface area contributed by atoms with E-state index in [2.05, 4.69) is 4.74 Å². The third-order valence-electron chi connectivity index (χ3n) is 1.55. The second kappa shape index (κ2) is 4.21. The molecule has 1 nitrogen and oxygen atoms in total. The second-order valence-electron chi connectivity index (χ2n) is 2.80. The molecule has 0 unspecified atom stereocenters. The number of benzene rings is 1. The minimum absolute atomic E-state index is 0.209. The van der Waals surface area contributed by atoms with Crippen LogP contribution in [0.5, 0.6) is 5.75 Å². The molecular weight excluding hydrogens is 174 g/mol. The Bertz CT molecular complexity index is 246. The lowest BCUT2D eigenvalue weighted by Gasteiger charge is -2.16. The number of rotatable bonds is 4. The Balaban J connectivity index is 2.58. The fourth-order valence-electron chi connectivity index (χ4n) is 1.00. The minimum atomic E-state index is -3.05. The Kier molecular flexibility index (Phi) is 3.23. The van der Waals surface area contributed by atoms with E-state index in [1.807, 2.05) is 0 Å². The summed E-state index contributed by atoms with van der Waals surface area (Å²) < 4.78 is 30.3. The first kappa shape index (κ1) is 9.96. The van der Waals surface area contributed by atoms with Crippen molar-refractivity contribution in [3.63, 3.8) is 0 Å². The summed E-state index contributed by atoms with van der Waals surface area (Å²) in [4.78, 5) is 0. The lowest BCUT2D eigenvalue weighted by atomic mass is 10.3. The molecule has 1 aromatic carbocycles. The van der Waals surface area contributed by atoms with Crippen LogP contribution in [0.3, 0.4) is 0 Å². The number of hydrogen-bond donors (Lipinski definition) is 0. The summed E-state index contributed by atoms with van der Waals surface area (Å²) in [6.07, 6.45) is -2.89. The van der Waals surface area contributed by atoms with E-state index >= 15 is 0 Å². The van der Waals surface area contributed by atoms with Gasteiger partial charge in [0.25, 0.3) is 0 Å². The molecule has 3 heteroatoms. The molecule has 1 rings (SSSR count). The van der Waals surface area contributed by atoms with Crippen molar-refractivity contribution < 1.29 is 13.5 Å². The molecule has 0 radical (unpaired) electrons. The summed E-state index contributed by atoms with van der Waals surface area (Å²) in [7, 11) is 0. The van der Waals surface area contributed by atoms with Gasteiger partial charge >= 0.3 is 6.11 Å². The van der Waals surface area contributed by atoms with Gasteiger partial charge in [0, 0.05) is 0 Å². The highest BCUT2D eigenvalue weighted by molar-refractivity contribution is 5.21. The quantitative estimate of drug-likeness (QED) is 0.699. The molecule has 0 heterocycles. The average Bonchev–Trinajstić information content (AvgIpc) is 2.04.